The molecule has 0 unspecified atom stereocenters. The Kier molecular flexibility index (Phi) is 6.76. The van der Waals surface area contributed by atoms with Gasteiger partial charge >= 0.3 is 0 Å². The van der Waals surface area contributed by atoms with Crippen LogP contribution in [0.5, 0.6) is 0 Å². The number of hydrogen-bond donors (Lipinski definition) is 0. The molecule has 1 aliphatic carbocycles. The molecule has 0 bridgehead atoms. The first kappa shape index (κ1) is 19.6. The van der Waals surface area contributed by atoms with Crippen LogP contribution in [-0.4, -0.2) is 16.6 Å². The van der Waals surface area contributed by atoms with E-state index in [9.17, 15) is 0 Å². The smallest absolute Gasteiger partial charge is 0.205 e. The minimum absolute atomic E-state index is 1.14. The topological polar surface area (TPSA) is 9.23 Å². The third-order valence-corrected chi connectivity index (χ3v) is 10.1. The summed E-state index contributed by atoms with van der Waals surface area (Å²) in [6, 6.07) is 19.4. The summed E-state index contributed by atoms with van der Waals surface area (Å²) in [5.74, 6) is 0. The Bertz CT molecular complexity index is 698. The minimum atomic E-state index is -1.78. The van der Waals surface area contributed by atoms with Gasteiger partial charge in [-0.2, -0.15) is 0 Å². The molecule has 1 nitrogen and oxygen atoms in total. The lowest BCUT2D eigenvalue weighted by atomic mass is 10.1. The SMILES string of the molecule is C1=CCC=C1.C[Si](C)(C)O[Si](C)(C)c1ccc(-c2ccccc2)cc1. The highest BCUT2D eigenvalue weighted by molar-refractivity contribution is 6.92. The largest absolute Gasteiger partial charge is 0.452 e. The lowest BCUT2D eigenvalue weighted by Gasteiger charge is -2.31. The zero-order chi connectivity index (χ0) is 18.3. The van der Waals surface area contributed by atoms with Crippen LogP contribution in [0.3, 0.4) is 0 Å². The summed E-state index contributed by atoms with van der Waals surface area (Å²) in [5.41, 5.74) is 2.54. The third-order valence-electron chi connectivity index (χ3n) is 3.90. The van der Waals surface area contributed by atoms with E-state index in [0.29, 0.717) is 0 Å². The van der Waals surface area contributed by atoms with E-state index in [-0.39, 0.29) is 0 Å². The molecule has 0 saturated carbocycles. The zero-order valence-electron chi connectivity index (χ0n) is 16.1. The second-order valence-electron chi connectivity index (χ2n) is 7.76. The van der Waals surface area contributed by atoms with Gasteiger partial charge in [0.2, 0.25) is 8.32 Å². The van der Waals surface area contributed by atoms with Gasteiger partial charge in [0.05, 0.1) is 0 Å². The first-order valence-corrected chi connectivity index (χ1v) is 15.3. The molecule has 2 aromatic rings. The molecule has 0 N–H and O–H groups in total. The third kappa shape index (κ3) is 6.61. The van der Waals surface area contributed by atoms with Gasteiger partial charge in [-0.15, -0.1) is 0 Å². The van der Waals surface area contributed by atoms with Crippen molar-refractivity contribution >= 4 is 21.8 Å². The molecule has 0 heterocycles. The van der Waals surface area contributed by atoms with Crippen LogP contribution in [0.4, 0.5) is 0 Å². The summed E-state index contributed by atoms with van der Waals surface area (Å²) in [6.45, 7) is 11.4. The van der Waals surface area contributed by atoms with Crippen molar-refractivity contribution in [1.29, 1.82) is 0 Å². The van der Waals surface area contributed by atoms with Crippen LogP contribution in [0.15, 0.2) is 78.9 Å². The van der Waals surface area contributed by atoms with Crippen LogP contribution in [0.25, 0.3) is 11.1 Å². The molecule has 0 atom stereocenters. The highest BCUT2D eigenvalue weighted by atomic mass is 28.4. The molecule has 0 amide bonds. The zero-order valence-corrected chi connectivity index (χ0v) is 18.1. The molecule has 2 aromatic carbocycles. The maximum atomic E-state index is 6.43. The van der Waals surface area contributed by atoms with Gasteiger partial charge in [-0.05, 0) is 55.5 Å². The van der Waals surface area contributed by atoms with Crippen LogP contribution < -0.4 is 5.19 Å². The average molecular weight is 367 g/mol. The normalized spacial score (nSPS) is 13.5. The van der Waals surface area contributed by atoms with Crippen molar-refractivity contribution in [2.45, 2.75) is 39.2 Å². The van der Waals surface area contributed by atoms with E-state index in [1.165, 1.54) is 16.3 Å². The lowest BCUT2D eigenvalue weighted by Crippen LogP contribution is -2.51. The fourth-order valence-electron chi connectivity index (χ4n) is 2.91. The lowest BCUT2D eigenvalue weighted by molar-refractivity contribution is 0.566. The van der Waals surface area contributed by atoms with Gasteiger partial charge in [-0.3, -0.25) is 0 Å². The molecular weight excluding hydrogens is 336 g/mol. The van der Waals surface area contributed by atoms with Gasteiger partial charge in [0, 0.05) is 0 Å². The Hall–Kier alpha value is -1.69. The molecule has 0 saturated heterocycles. The Morgan fingerprint density at radius 2 is 1.20 bits per heavy atom. The molecule has 25 heavy (non-hydrogen) atoms. The van der Waals surface area contributed by atoms with Crippen molar-refractivity contribution in [2.75, 3.05) is 0 Å². The van der Waals surface area contributed by atoms with Crippen molar-refractivity contribution in [1.82, 2.24) is 0 Å². The quantitative estimate of drug-likeness (QED) is 0.592. The second kappa shape index (κ2) is 8.61. The molecule has 0 aromatic heterocycles. The Morgan fingerprint density at radius 1 is 0.680 bits per heavy atom. The van der Waals surface area contributed by atoms with E-state index in [1.807, 2.05) is 0 Å². The number of hydrogen-bond acceptors (Lipinski definition) is 1. The second-order valence-corrected chi connectivity index (χ2v) is 16.4. The van der Waals surface area contributed by atoms with E-state index < -0.39 is 16.6 Å². The van der Waals surface area contributed by atoms with E-state index in [2.05, 4.69) is 112 Å². The summed E-state index contributed by atoms with van der Waals surface area (Å²) < 4.78 is 6.43. The predicted octanol–water partition coefficient (Wildman–Crippen LogP) is 6.12. The monoisotopic (exact) mass is 366 g/mol. The molecule has 3 heteroatoms. The average Bonchev–Trinajstić information content (AvgIpc) is 3.13. The van der Waals surface area contributed by atoms with E-state index in [4.69, 9.17) is 4.12 Å². The minimum Gasteiger partial charge on any atom is -0.452 e. The summed E-state index contributed by atoms with van der Waals surface area (Å²) in [7, 11) is -3.27. The van der Waals surface area contributed by atoms with Crippen molar-refractivity contribution in [2.24, 2.45) is 0 Å². The summed E-state index contributed by atoms with van der Waals surface area (Å²) in [4.78, 5) is 0. The first-order chi connectivity index (χ1) is 11.8. The highest BCUT2D eigenvalue weighted by Crippen LogP contribution is 2.19. The van der Waals surface area contributed by atoms with Crippen LogP contribution in [0.1, 0.15) is 6.42 Å². The summed E-state index contributed by atoms with van der Waals surface area (Å²) >= 11 is 0. The standard InChI is InChI=1S/C17H24OSi2.C5H6/c1-19(2,3)18-20(4,5)17-13-11-16(12-14-17)15-9-7-6-8-10-15;1-2-4-5-3-1/h6-14H,1-5H3;1-4H,5H2. The molecule has 0 radical (unpaired) electrons. The van der Waals surface area contributed by atoms with Gasteiger partial charge in [-0.1, -0.05) is 78.9 Å². The molecular formula is C22H30OSi2. The van der Waals surface area contributed by atoms with Crippen molar-refractivity contribution in [3.05, 3.63) is 78.9 Å². The van der Waals surface area contributed by atoms with Gasteiger partial charge in [0.1, 0.15) is 0 Å². The van der Waals surface area contributed by atoms with Gasteiger partial charge in [0.25, 0.3) is 0 Å². The molecule has 0 fully saturated rings. The van der Waals surface area contributed by atoms with Crippen molar-refractivity contribution in [3.63, 3.8) is 0 Å². The fourth-order valence-corrected chi connectivity index (χ4v) is 10.5. The number of rotatable bonds is 4. The Labute approximate surface area is 155 Å². The van der Waals surface area contributed by atoms with E-state index >= 15 is 0 Å². The van der Waals surface area contributed by atoms with Crippen LogP contribution >= 0.6 is 0 Å². The molecule has 3 rings (SSSR count). The summed E-state index contributed by atoms with van der Waals surface area (Å²) in [6.07, 6.45) is 9.50. The number of allylic oxidation sites excluding steroid dienone is 4. The van der Waals surface area contributed by atoms with E-state index in [0.717, 1.165) is 6.42 Å². The summed E-state index contributed by atoms with van der Waals surface area (Å²) in [5, 5.41) is 1.37. The first-order valence-electron chi connectivity index (χ1n) is 8.96. The maximum absolute atomic E-state index is 6.43. The van der Waals surface area contributed by atoms with E-state index in [1.54, 1.807) is 0 Å². The van der Waals surface area contributed by atoms with Crippen LogP contribution in [0.2, 0.25) is 32.7 Å². The fraction of sp³-hybridized carbons (Fsp3) is 0.273. The molecule has 0 spiro atoms. The molecule has 0 aliphatic heterocycles. The molecule has 1 aliphatic rings. The maximum Gasteiger partial charge on any atom is 0.205 e. The van der Waals surface area contributed by atoms with Crippen molar-refractivity contribution < 1.29 is 4.12 Å². The van der Waals surface area contributed by atoms with Gasteiger partial charge in [0.15, 0.2) is 8.32 Å². The predicted molar refractivity (Wildman–Crippen MR) is 116 cm³/mol. The Balaban J connectivity index is 0.000000386. The number of benzene rings is 2. The highest BCUT2D eigenvalue weighted by Gasteiger charge is 2.31. The van der Waals surface area contributed by atoms with Crippen molar-refractivity contribution in [3.8, 4) is 11.1 Å². The van der Waals surface area contributed by atoms with Crippen LogP contribution in [0, 0.1) is 0 Å². The molecule has 132 valence electrons. The Morgan fingerprint density at radius 3 is 1.64 bits per heavy atom. The van der Waals surface area contributed by atoms with Gasteiger partial charge in [-0.25, -0.2) is 0 Å². The van der Waals surface area contributed by atoms with Gasteiger partial charge < -0.3 is 4.12 Å². The van der Waals surface area contributed by atoms with Crippen LogP contribution in [-0.2, 0) is 4.12 Å².